The van der Waals surface area contributed by atoms with Gasteiger partial charge in [0.15, 0.2) is 0 Å². The predicted octanol–water partition coefficient (Wildman–Crippen LogP) is 2.10. The van der Waals surface area contributed by atoms with Gasteiger partial charge in [0, 0.05) is 20.1 Å². The van der Waals surface area contributed by atoms with Crippen molar-refractivity contribution < 1.29 is 14.7 Å². The number of aryl methyl sites for hydroxylation is 1. The Kier molecular flexibility index (Phi) is 4.27. The summed E-state index contributed by atoms with van der Waals surface area (Å²) in [5, 5.41) is 9.13. The summed E-state index contributed by atoms with van der Waals surface area (Å²) in [7, 11) is 1.71. The lowest BCUT2D eigenvalue weighted by molar-refractivity contribution is -0.141. The maximum Gasteiger partial charge on any atom is 0.326 e. The number of aliphatic carboxylic acids is 1. The minimum Gasteiger partial charge on any atom is -0.480 e. The van der Waals surface area contributed by atoms with Crippen LogP contribution in [0.2, 0.25) is 0 Å². The molecule has 2 rings (SSSR count). The first-order chi connectivity index (χ1) is 9.49. The van der Waals surface area contributed by atoms with Crippen LogP contribution in [0.3, 0.4) is 0 Å². The number of urea groups is 1. The first-order valence-electron chi connectivity index (χ1n) is 6.79. The van der Waals surface area contributed by atoms with Gasteiger partial charge in [0.2, 0.25) is 0 Å². The van der Waals surface area contributed by atoms with E-state index in [4.69, 9.17) is 5.11 Å². The van der Waals surface area contributed by atoms with Crippen molar-refractivity contribution in [3.05, 3.63) is 35.4 Å². The molecule has 0 aromatic heterocycles. The van der Waals surface area contributed by atoms with Crippen molar-refractivity contribution >= 4 is 12.0 Å². The van der Waals surface area contributed by atoms with Gasteiger partial charge in [0.05, 0.1) is 0 Å². The lowest BCUT2D eigenvalue weighted by Gasteiger charge is -2.27. The SMILES string of the molecule is Cc1cccc(CN(C)C(=O)N2CCC[C@H]2C(=O)O)c1. The quantitative estimate of drug-likeness (QED) is 0.919. The number of rotatable bonds is 3. The average Bonchev–Trinajstić information content (AvgIpc) is 2.87. The largest absolute Gasteiger partial charge is 0.480 e. The minimum atomic E-state index is -0.917. The molecule has 1 aromatic rings. The van der Waals surface area contributed by atoms with Gasteiger partial charge in [0.25, 0.3) is 0 Å². The third kappa shape index (κ3) is 3.10. The number of hydrogen-bond donors (Lipinski definition) is 1. The second kappa shape index (κ2) is 5.94. The van der Waals surface area contributed by atoms with Crippen LogP contribution in [0, 0.1) is 6.92 Å². The van der Waals surface area contributed by atoms with Crippen molar-refractivity contribution in [1.29, 1.82) is 0 Å². The molecule has 1 fully saturated rings. The lowest BCUT2D eigenvalue weighted by atomic mass is 10.1. The van der Waals surface area contributed by atoms with Gasteiger partial charge in [-0.1, -0.05) is 29.8 Å². The molecule has 1 aromatic carbocycles. The molecule has 108 valence electrons. The summed E-state index contributed by atoms with van der Waals surface area (Å²) in [4.78, 5) is 26.5. The molecule has 2 amide bonds. The molecule has 0 unspecified atom stereocenters. The molecule has 20 heavy (non-hydrogen) atoms. The molecule has 1 saturated heterocycles. The zero-order chi connectivity index (χ0) is 14.7. The van der Waals surface area contributed by atoms with E-state index in [1.165, 1.54) is 4.90 Å². The Labute approximate surface area is 118 Å². The molecule has 5 nitrogen and oxygen atoms in total. The number of carboxylic acid groups (broad SMARTS) is 1. The standard InChI is InChI=1S/C15H20N2O3/c1-11-5-3-6-12(9-11)10-16(2)15(20)17-8-4-7-13(17)14(18)19/h3,5-6,9,13H,4,7-8,10H2,1-2H3,(H,18,19)/t13-/m0/s1. The van der Waals surface area contributed by atoms with Gasteiger partial charge in [-0.25, -0.2) is 9.59 Å². The summed E-state index contributed by atoms with van der Waals surface area (Å²) in [6.07, 6.45) is 1.29. The van der Waals surface area contributed by atoms with Crippen LogP contribution in [0.5, 0.6) is 0 Å². The van der Waals surface area contributed by atoms with E-state index in [-0.39, 0.29) is 6.03 Å². The van der Waals surface area contributed by atoms with Crippen LogP contribution in [0.1, 0.15) is 24.0 Å². The molecule has 0 saturated carbocycles. The van der Waals surface area contributed by atoms with Gasteiger partial charge in [-0.3, -0.25) is 0 Å². The summed E-state index contributed by atoms with van der Waals surface area (Å²) < 4.78 is 0. The molecule has 1 atom stereocenters. The number of benzene rings is 1. The maximum absolute atomic E-state index is 12.3. The molecule has 5 heteroatoms. The smallest absolute Gasteiger partial charge is 0.326 e. The van der Waals surface area contributed by atoms with Crippen molar-refractivity contribution in [2.45, 2.75) is 32.4 Å². The van der Waals surface area contributed by atoms with E-state index in [1.807, 2.05) is 31.2 Å². The van der Waals surface area contributed by atoms with Crippen molar-refractivity contribution in [3.8, 4) is 0 Å². The summed E-state index contributed by atoms with van der Waals surface area (Å²) in [5.74, 6) is -0.917. The van der Waals surface area contributed by atoms with Crippen molar-refractivity contribution in [1.82, 2.24) is 9.80 Å². The Balaban J connectivity index is 2.03. The Morgan fingerprint density at radius 3 is 2.85 bits per heavy atom. The molecule has 0 radical (unpaired) electrons. The summed E-state index contributed by atoms with van der Waals surface area (Å²) >= 11 is 0. The van der Waals surface area contributed by atoms with Gasteiger partial charge in [0.1, 0.15) is 6.04 Å². The second-order valence-electron chi connectivity index (χ2n) is 5.32. The number of hydrogen-bond acceptors (Lipinski definition) is 2. The third-order valence-corrected chi connectivity index (χ3v) is 3.61. The Morgan fingerprint density at radius 2 is 2.20 bits per heavy atom. The number of carbonyl (C=O) groups is 2. The van der Waals surface area contributed by atoms with Crippen LogP contribution >= 0.6 is 0 Å². The van der Waals surface area contributed by atoms with Crippen LogP contribution in [0.25, 0.3) is 0 Å². The molecule has 1 aliphatic heterocycles. The minimum absolute atomic E-state index is 0.212. The van der Waals surface area contributed by atoms with E-state index in [9.17, 15) is 9.59 Å². The van der Waals surface area contributed by atoms with Crippen molar-refractivity contribution in [3.63, 3.8) is 0 Å². The highest BCUT2D eigenvalue weighted by atomic mass is 16.4. The van der Waals surface area contributed by atoms with E-state index in [0.29, 0.717) is 19.5 Å². The number of nitrogens with zero attached hydrogens (tertiary/aromatic N) is 2. The highest BCUT2D eigenvalue weighted by molar-refractivity contribution is 5.83. The molecule has 0 spiro atoms. The highest BCUT2D eigenvalue weighted by Crippen LogP contribution is 2.19. The molecular formula is C15H20N2O3. The summed E-state index contributed by atoms with van der Waals surface area (Å²) in [6, 6.07) is 7.07. The number of carbonyl (C=O) groups excluding carboxylic acids is 1. The fourth-order valence-electron chi connectivity index (χ4n) is 2.62. The van der Waals surface area contributed by atoms with Crippen LogP contribution in [-0.2, 0) is 11.3 Å². The first kappa shape index (κ1) is 14.4. The number of likely N-dealkylation sites (tertiary alicyclic amines) is 1. The van der Waals surface area contributed by atoms with Crippen LogP contribution in [0.4, 0.5) is 4.79 Å². The zero-order valence-corrected chi connectivity index (χ0v) is 11.9. The molecule has 0 aliphatic carbocycles. The van der Waals surface area contributed by atoms with Crippen molar-refractivity contribution in [2.75, 3.05) is 13.6 Å². The molecule has 1 N–H and O–H groups in total. The summed E-state index contributed by atoms with van der Waals surface area (Å²) in [6.45, 7) is 3.02. The monoisotopic (exact) mass is 276 g/mol. The van der Waals surface area contributed by atoms with Gasteiger partial charge in [-0.05, 0) is 25.3 Å². The molecule has 1 heterocycles. The third-order valence-electron chi connectivity index (χ3n) is 3.61. The van der Waals surface area contributed by atoms with E-state index < -0.39 is 12.0 Å². The molecular weight excluding hydrogens is 256 g/mol. The Hall–Kier alpha value is -2.04. The highest BCUT2D eigenvalue weighted by Gasteiger charge is 2.35. The number of carboxylic acids is 1. The van der Waals surface area contributed by atoms with Gasteiger partial charge >= 0.3 is 12.0 Å². The fourth-order valence-corrected chi connectivity index (χ4v) is 2.62. The second-order valence-corrected chi connectivity index (χ2v) is 5.32. The van der Waals surface area contributed by atoms with Gasteiger partial charge < -0.3 is 14.9 Å². The fraction of sp³-hybridized carbons (Fsp3) is 0.467. The predicted molar refractivity (Wildman–Crippen MR) is 75.4 cm³/mol. The number of amides is 2. The van der Waals surface area contributed by atoms with E-state index in [2.05, 4.69) is 0 Å². The van der Waals surface area contributed by atoms with Gasteiger partial charge in [-0.2, -0.15) is 0 Å². The normalized spacial score (nSPS) is 18.1. The topological polar surface area (TPSA) is 60.9 Å². The maximum atomic E-state index is 12.3. The zero-order valence-electron chi connectivity index (χ0n) is 11.9. The summed E-state index contributed by atoms with van der Waals surface area (Å²) in [5.41, 5.74) is 2.19. The van der Waals surface area contributed by atoms with Crippen LogP contribution < -0.4 is 0 Å². The van der Waals surface area contributed by atoms with E-state index in [1.54, 1.807) is 11.9 Å². The first-order valence-corrected chi connectivity index (χ1v) is 6.79. The molecule has 1 aliphatic rings. The van der Waals surface area contributed by atoms with E-state index >= 15 is 0 Å². The van der Waals surface area contributed by atoms with Crippen LogP contribution in [-0.4, -0.2) is 46.5 Å². The average molecular weight is 276 g/mol. The van der Waals surface area contributed by atoms with E-state index in [0.717, 1.165) is 17.5 Å². The molecule has 0 bridgehead atoms. The lowest BCUT2D eigenvalue weighted by Crippen LogP contribution is -2.46. The van der Waals surface area contributed by atoms with Crippen LogP contribution in [0.15, 0.2) is 24.3 Å². The Morgan fingerprint density at radius 1 is 1.45 bits per heavy atom. The van der Waals surface area contributed by atoms with Crippen molar-refractivity contribution in [2.24, 2.45) is 0 Å². The van der Waals surface area contributed by atoms with Gasteiger partial charge in [-0.15, -0.1) is 0 Å². The Bertz CT molecular complexity index is 516.